The maximum atomic E-state index is 13.2. The van der Waals surface area contributed by atoms with Gasteiger partial charge in [0.25, 0.3) is 0 Å². The Kier molecular flexibility index (Phi) is 7.23. The van der Waals surface area contributed by atoms with Crippen molar-refractivity contribution >= 4 is 5.96 Å². The molecule has 24 heavy (non-hydrogen) atoms. The van der Waals surface area contributed by atoms with Crippen LogP contribution in [0.1, 0.15) is 16.7 Å². The van der Waals surface area contributed by atoms with E-state index in [0.717, 1.165) is 23.5 Å². The molecule has 0 amide bonds. The number of benzene rings is 2. The molecule has 0 aromatic heterocycles. The van der Waals surface area contributed by atoms with Crippen LogP contribution in [0.15, 0.2) is 53.5 Å². The third-order valence-electron chi connectivity index (χ3n) is 3.68. The molecule has 0 spiro atoms. The molecule has 128 valence electrons. The normalized spacial score (nSPS) is 11.4. The first-order chi connectivity index (χ1) is 11.7. The van der Waals surface area contributed by atoms with Gasteiger partial charge in [0.2, 0.25) is 0 Å². The van der Waals surface area contributed by atoms with Crippen LogP contribution in [-0.4, -0.2) is 26.7 Å². The molecule has 0 atom stereocenters. The second-order valence-electron chi connectivity index (χ2n) is 5.43. The molecule has 2 aromatic carbocycles. The number of rotatable bonds is 7. The summed E-state index contributed by atoms with van der Waals surface area (Å²) >= 11 is 0. The number of halogens is 1. The second-order valence-corrected chi connectivity index (χ2v) is 5.43. The fourth-order valence-corrected chi connectivity index (χ4v) is 2.44. The van der Waals surface area contributed by atoms with Crippen molar-refractivity contribution in [3.05, 3.63) is 71.0 Å². The predicted molar refractivity (Wildman–Crippen MR) is 95.5 cm³/mol. The van der Waals surface area contributed by atoms with E-state index in [1.807, 2.05) is 18.2 Å². The molecule has 0 heterocycles. The Morgan fingerprint density at radius 3 is 2.58 bits per heavy atom. The highest BCUT2D eigenvalue weighted by Gasteiger charge is 2.03. The van der Waals surface area contributed by atoms with Gasteiger partial charge in [-0.2, -0.15) is 0 Å². The highest BCUT2D eigenvalue weighted by Crippen LogP contribution is 2.09. The van der Waals surface area contributed by atoms with Gasteiger partial charge in [-0.3, -0.25) is 4.99 Å². The Morgan fingerprint density at radius 2 is 1.88 bits per heavy atom. The smallest absolute Gasteiger partial charge is 0.191 e. The summed E-state index contributed by atoms with van der Waals surface area (Å²) in [4.78, 5) is 4.22. The van der Waals surface area contributed by atoms with E-state index in [4.69, 9.17) is 4.74 Å². The Morgan fingerprint density at radius 1 is 1.08 bits per heavy atom. The van der Waals surface area contributed by atoms with E-state index in [9.17, 15) is 4.39 Å². The summed E-state index contributed by atoms with van der Waals surface area (Å²) in [5.41, 5.74) is 3.29. The van der Waals surface area contributed by atoms with Crippen LogP contribution in [-0.2, 0) is 24.3 Å². The largest absolute Gasteiger partial charge is 0.380 e. The molecule has 2 N–H and O–H groups in total. The molecule has 0 saturated carbocycles. The summed E-state index contributed by atoms with van der Waals surface area (Å²) in [5, 5.41) is 6.54. The molecule has 0 saturated heterocycles. The average Bonchev–Trinajstić information content (AvgIpc) is 2.59. The highest BCUT2D eigenvalue weighted by molar-refractivity contribution is 5.79. The lowest BCUT2D eigenvalue weighted by Crippen LogP contribution is -2.38. The fraction of sp³-hybridized carbons (Fsp3) is 0.316. The second kappa shape index (κ2) is 9.67. The van der Waals surface area contributed by atoms with Crippen molar-refractivity contribution in [1.29, 1.82) is 0 Å². The first-order valence-corrected chi connectivity index (χ1v) is 7.97. The topological polar surface area (TPSA) is 45.7 Å². The van der Waals surface area contributed by atoms with Crippen molar-refractivity contribution in [2.24, 2.45) is 4.99 Å². The van der Waals surface area contributed by atoms with Crippen LogP contribution in [0.25, 0.3) is 0 Å². The first-order valence-electron chi connectivity index (χ1n) is 7.97. The molecule has 0 aliphatic heterocycles. The lowest BCUT2D eigenvalue weighted by Gasteiger charge is -2.14. The highest BCUT2D eigenvalue weighted by atomic mass is 19.1. The molecule has 0 fully saturated rings. The molecular weight excluding hydrogens is 305 g/mol. The van der Waals surface area contributed by atoms with Crippen molar-refractivity contribution in [2.45, 2.75) is 19.6 Å². The number of nitrogens with one attached hydrogen (secondary N) is 2. The van der Waals surface area contributed by atoms with E-state index in [2.05, 4.69) is 27.8 Å². The molecule has 2 rings (SSSR count). The van der Waals surface area contributed by atoms with Crippen molar-refractivity contribution in [1.82, 2.24) is 10.6 Å². The average molecular weight is 329 g/mol. The molecule has 4 nitrogen and oxygen atoms in total. The van der Waals surface area contributed by atoms with Crippen LogP contribution in [0.4, 0.5) is 4.39 Å². The van der Waals surface area contributed by atoms with Crippen LogP contribution < -0.4 is 10.6 Å². The maximum absolute atomic E-state index is 13.2. The first kappa shape index (κ1) is 17.9. The van der Waals surface area contributed by atoms with Crippen molar-refractivity contribution in [2.75, 3.05) is 20.7 Å². The Hall–Kier alpha value is -2.40. The summed E-state index contributed by atoms with van der Waals surface area (Å²) in [5.74, 6) is 0.517. The summed E-state index contributed by atoms with van der Waals surface area (Å²) in [7, 11) is 3.43. The van der Waals surface area contributed by atoms with Gasteiger partial charge in [0, 0.05) is 27.2 Å². The Bertz CT molecular complexity index is 673. The van der Waals surface area contributed by atoms with Crippen LogP contribution in [0, 0.1) is 5.82 Å². The number of hydrogen-bond acceptors (Lipinski definition) is 2. The van der Waals surface area contributed by atoms with Crippen molar-refractivity contribution in [3.63, 3.8) is 0 Å². The molecular formula is C19H24FN3O. The van der Waals surface area contributed by atoms with Gasteiger partial charge in [0.1, 0.15) is 5.82 Å². The number of guanidine groups is 1. The number of ether oxygens (including phenoxy) is 1. The van der Waals surface area contributed by atoms with Gasteiger partial charge in [0.05, 0.1) is 6.61 Å². The molecule has 0 unspecified atom stereocenters. The van der Waals surface area contributed by atoms with E-state index in [0.29, 0.717) is 19.7 Å². The minimum Gasteiger partial charge on any atom is -0.380 e. The molecule has 0 radical (unpaired) electrons. The SMILES string of the molecule is CN=C(NCCc1cccc(F)c1)NCc1ccccc1COC. The minimum absolute atomic E-state index is 0.204. The van der Waals surface area contributed by atoms with Gasteiger partial charge in [-0.05, 0) is 35.2 Å². The number of nitrogens with zero attached hydrogens (tertiary/aromatic N) is 1. The lowest BCUT2D eigenvalue weighted by molar-refractivity contribution is 0.184. The maximum Gasteiger partial charge on any atom is 0.191 e. The summed E-state index contributed by atoms with van der Waals surface area (Å²) in [6.07, 6.45) is 0.735. The van der Waals surface area contributed by atoms with E-state index in [-0.39, 0.29) is 5.82 Å². The van der Waals surface area contributed by atoms with E-state index in [1.165, 1.54) is 11.6 Å². The van der Waals surface area contributed by atoms with Gasteiger partial charge in [-0.25, -0.2) is 4.39 Å². The van der Waals surface area contributed by atoms with Crippen molar-refractivity contribution in [3.8, 4) is 0 Å². The monoisotopic (exact) mass is 329 g/mol. The van der Waals surface area contributed by atoms with E-state index in [1.54, 1.807) is 26.3 Å². The standard InChI is InChI=1S/C19H24FN3O/c1-21-19(22-11-10-15-6-5-9-18(20)12-15)23-13-16-7-3-4-8-17(16)14-24-2/h3-9,12H,10-11,13-14H2,1-2H3,(H2,21,22,23). The molecule has 0 aliphatic rings. The zero-order chi connectivity index (χ0) is 17.2. The van der Waals surface area contributed by atoms with Crippen LogP contribution in [0.3, 0.4) is 0 Å². The van der Waals surface area contributed by atoms with E-state index >= 15 is 0 Å². The third kappa shape index (κ3) is 5.66. The quantitative estimate of drug-likeness (QED) is 0.606. The van der Waals surface area contributed by atoms with Crippen molar-refractivity contribution < 1.29 is 9.13 Å². The Balaban J connectivity index is 1.82. The Labute approximate surface area is 142 Å². The van der Waals surface area contributed by atoms with Gasteiger partial charge >= 0.3 is 0 Å². The number of aliphatic imine (C=N–C) groups is 1. The summed E-state index contributed by atoms with van der Waals surface area (Å²) in [6, 6.07) is 14.8. The van der Waals surface area contributed by atoms with Gasteiger partial charge in [0.15, 0.2) is 5.96 Å². The third-order valence-corrected chi connectivity index (χ3v) is 3.68. The van der Waals surface area contributed by atoms with Gasteiger partial charge in [-0.1, -0.05) is 36.4 Å². The zero-order valence-corrected chi connectivity index (χ0v) is 14.2. The predicted octanol–water partition coefficient (Wildman–Crippen LogP) is 2.88. The zero-order valence-electron chi connectivity index (χ0n) is 14.2. The number of hydrogen-bond donors (Lipinski definition) is 2. The molecule has 5 heteroatoms. The molecule has 2 aromatic rings. The number of methoxy groups -OCH3 is 1. The van der Waals surface area contributed by atoms with E-state index < -0.39 is 0 Å². The van der Waals surface area contributed by atoms with Gasteiger partial charge < -0.3 is 15.4 Å². The molecule has 0 aliphatic carbocycles. The van der Waals surface area contributed by atoms with Gasteiger partial charge in [-0.15, -0.1) is 0 Å². The summed E-state index contributed by atoms with van der Waals surface area (Å²) in [6.45, 7) is 1.94. The lowest BCUT2D eigenvalue weighted by atomic mass is 10.1. The minimum atomic E-state index is -0.204. The van der Waals surface area contributed by atoms with Crippen LogP contribution in [0.5, 0.6) is 0 Å². The molecule has 0 bridgehead atoms. The van der Waals surface area contributed by atoms with Crippen LogP contribution in [0.2, 0.25) is 0 Å². The van der Waals surface area contributed by atoms with Crippen LogP contribution >= 0.6 is 0 Å². The summed E-state index contributed by atoms with van der Waals surface area (Å²) < 4.78 is 18.4. The fourth-order valence-electron chi connectivity index (χ4n) is 2.44.